The van der Waals surface area contributed by atoms with E-state index in [-0.39, 0.29) is 12.4 Å². The van der Waals surface area contributed by atoms with Gasteiger partial charge in [-0.15, -0.1) is 0 Å². The molecular weight excluding hydrogens is 255 g/mol. The van der Waals surface area contributed by atoms with Crippen molar-refractivity contribution >= 4 is 0 Å². The summed E-state index contributed by atoms with van der Waals surface area (Å²) >= 11 is 0. The zero-order valence-corrected chi connectivity index (χ0v) is 11.7. The number of rotatable bonds is 5. The normalized spacial score (nSPS) is 15.1. The molecule has 0 saturated heterocycles. The molecule has 2 rings (SSSR count). The van der Waals surface area contributed by atoms with Gasteiger partial charge >= 0.3 is 0 Å². The van der Waals surface area contributed by atoms with Crippen LogP contribution in [-0.2, 0) is 11.3 Å². The first-order valence-corrected chi connectivity index (χ1v) is 7.25. The molecule has 0 heterocycles. The molecular formula is C17H21FO2. The number of benzene rings is 1. The number of ether oxygens (including phenoxy) is 1. The first kappa shape index (κ1) is 15.0. The third-order valence-electron chi connectivity index (χ3n) is 3.59. The molecule has 2 nitrogen and oxygen atoms in total. The van der Waals surface area contributed by atoms with E-state index in [9.17, 15) is 4.39 Å². The van der Waals surface area contributed by atoms with Gasteiger partial charge in [-0.25, -0.2) is 4.39 Å². The Bertz CT molecular complexity index is 481. The quantitative estimate of drug-likeness (QED) is 0.836. The first-order valence-electron chi connectivity index (χ1n) is 7.25. The van der Waals surface area contributed by atoms with Crippen LogP contribution in [0.15, 0.2) is 18.2 Å². The molecule has 0 atom stereocenters. The Hall–Kier alpha value is -1.37. The number of aliphatic hydroxyl groups is 1. The molecule has 0 amide bonds. The summed E-state index contributed by atoms with van der Waals surface area (Å²) in [5.74, 6) is 5.85. The van der Waals surface area contributed by atoms with Crippen LogP contribution >= 0.6 is 0 Å². The fourth-order valence-corrected chi connectivity index (χ4v) is 2.49. The fraction of sp³-hybridized carbons (Fsp3) is 0.529. The van der Waals surface area contributed by atoms with E-state index in [2.05, 4.69) is 11.8 Å². The molecule has 1 N–H and O–H groups in total. The summed E-state index contributed by atoms with van der Waals surface area (Å²) in [6, 6.07) is 4.90. The molecule has 3 heteroatoms. The molecule has 1 aliphatic rings. The van der Waals surface area contributed by atoms with E-state index in [0.717, 1.165) is 12.2 Å². The van der Waals surface area contributed by atoms with Crippen molar-refractivity contribution in [3.05, 3.63) is 35.1 Å². The maximum absolute atomic E-state index is 13.6. The lowest BCUT2D eigenvalue weighted by molar-refractivity contribution is 0.0888. The summed E-state index contributed by atoms with van der Waals surface area (Å²) in [6.07, 6.45) is 5.52. The second-order valence-corrected chi connectivity index (χ2v) is 5.26. The highest BCUT2D eigenvalue weighted by molar-refractivity contribution is 5.38. The Balaban J connectivity index is 1.88. The number of halogens is 1. The van der Waals surface area contributed by atoms with E-state index in [0.29, 0.717) is 24.5 Å². The van der Waals surface area contributed by atoms with E-state index < -0.39 is 0 Å². The van der Waals surface area contributed by atoms with Crippen molar-refractivity contribution in [3.63, 3.8) is 0 Å². The second kappa shape index (κ2) is 8.04. The van der Waals surface area contributed by atoms with Crippen LogP contribution in [0.1, 0.15) is 43.2 Å². The first-order chi connectivity index (χ1) is 9.79. The van der Waals surface area contributed by atoms with Gasteiger partial charge in [-0.2, -0.15) is 0 Å². The topological polar surface area (TPSA) is 29.5 Å². The molecule has 1 aliphatic carbocycles. The Morgan fingerprint density at radius 2 is 2.10 bits per heavy atom. The van der Waals surface area contributed by atoms with Crippen molar-refractivity contribution in [1.82, 2.24) is 0 Å². The van der Waals surface area contributed by atoms with Crippen molar-refractivity contribution in [3.8, 4) is 11.8 Å². The monoisotopic (exact) mass is 276 g/mol. The van der Waals surface area contributed by atoms with Gasteiger partial charge in [0.05, 0.1) is 18.8 Å². The highest BCUT2D eigenvalue weighted by atomic mass is 19.1. The Morgan fingerprint density at radius 1 is 1.30 bits per heavy atom. The molecule has 0 radical (unpaired) electrons. The third-order valence-corrected chi connectivity index (χ3v) is 3.59. The van der Waals surface area contributed by atoms with Crippen molar-refractivity contribution in [2.75, 3.05) is 13.2 Å². The number of aliphatic hydroxyl groups excluding tert-OH is 1. The molecule has 0 unspecified atom stereocenters. The molecule has 108 valence electrons. The summed E-state index contributed by atoms with van der Waals surface area (Å²) in [6.45, 7) is 1.30. The largest absolute Gasteiger partial charge is 0.395 e. The fourth-order valence-electron chi connectivity index (χ4n) is 2.49. The van der Waals surface area contributed by atoms with Crippen molar-refractivity contribution in [2.45, 2.75) is 38.7 Å². The van der Waals surface area contributed by atoms with Crippen LogP contribution < -0.4 is 0 Å². The maximum atomic E-state index is 13.6. The van der Waals surface area contributed by atoms with E-state index in [4.69, 9.17) is 9.84 Å². The highest BCUT2D eigenvalue weighted by Crippen LogP contribution is 2.25. The predicted octanol–water partition coefficient (Wildman–Crippen LogP) is 3.27. The van der Waals surface area contributed by atoms with E-state index >= 15 is 0 Å². The zero-order valence-electron chi connectivity index (χ0n) is 11.7. The summed E-state index contributed by atoms with van der Waals surface area (Å²) in [7, 11) is 0. The van der Waals surface area contributed by atoms with Crippen LogP contribution in [0.4, 0.5) is 4.39 Å². The lowest BCUT2D eigenvalue weighted by Gasteiger charge is -2.10. The van der Waals surface area contributed by atoms with Crippen molar-refractivity contribution < 1.29 is 14.2 Å². The van der Waals surface area contributed by atoms with Crippen molar-refractivity contribution in [1.29, 1.82) is 0 Å². The molecule has 1 saturated carbocycles. The van der Waals surface area contributed by atoms with Crippen LogP contribution in [0, 0.1) is 23.6 Å². The van der Waals surface area contributed by atoms with Crippen LogP contribution in [0.2, 0.25) is 0 Å². The number of hydrogen-bond acceptors (Lipinski definition) is 2. The zero-order chi connectivity index (χ0) is 14.2. The van der Waals surface area contributed by atoms with Crippen LogP contribution in [-0.4, -0.2) is 18.3 Å². The summed E-state index contributed by atoms with van der Waals surface area (Å²) in [4.78, 5) is 0. The molecule has 20 heavy (non-hydrogen) atoms. The molecule has 1 aromatic rings. The van der Waals surface area contributed by atoms with Crippen LogP contribution in [0.5, 0.6) is 0 Å². The van der Waals surface area contributed by atoms with Gasteiger partial charge in [-0.05, 0) is 36.5 Å². The lowest BCUT2D eigenvalue weighted by atomic mass is 10.1. The third kappa shape index (κ3) is 4.63. The molecule has 0 spiro atoms. The van der Waals surface area contributed by atoms with Gasteiger partial charge in [-0.1, -0.05) is 30.7 Å². The minimum atomic E-state index is -0.324. The van der Waals surface area contributed by atoms with E-state index in [1.807, 2.05) is 0 Å². The summed E-state index contributed by atoms with van der Waals surface area (Å²) in [5, 5.41) is 8.67. The minimum Gasteiger partial charge on any atom is -0.395 e. The Kier molecular flexibility index (Phi) is 6.04. The molecule has 0 bridgehead atoms. The molecule has 0 aromatic heterocycles. The van der Waals surface area contributed by atoms with Gasteiger partial charge in [0.1, 0.15) is 5.82 Å². The van der Waals surface area contributed by atoms with E-state index in [1.54, 1.807) is 12.1 Å². The van der Waals surface area contributed by atoms with Gasteiger partial charge in [0.15, 0.2) is 0 Å². The van der Waals surface area contributed by atoms with Gasteiger partial charge in [0.25, 0.3) is 0 Å². The van der Waals surface area contributed by atoms with Gasteiger partial charge in [-0.3, -0.25) is 0 Å². The maximum Gasteiger partial charge on any atom is 0.138 e. The molecule has 1 aromatic carbocycles. The molecule has 0 aliphatic heterocycles. The van der Waals surface area contributed by atoms with Gasteiger partial charge in [0, 0.05) is 13.0 Å². The van der Waals surface area contributed by atoms with Gasteiger partial charge in [0.2, 0.25) is 0 Å². The van der Waals surface area contributed by atoms with E-state index in [1.165, 1.54) is 31.7 Å². The smallest absolute Gasteiger partial charge is 0.138 e. The number of hydrogen-bond donors (Lipinski definition) is 1. The standard InChI is InChI=1S/C17H21FO2/c18-17-9-8-15(11-16(17)7-3-4-10-19)13-20-12-14-5-1-2-6-14/h8-9,11,14,19H,1-2,4-6,10,12-13H2. The highest BCUT2D eigenvalue weighted by Gasteiger charge is 2.14. The van der Waals surface area contributed by atoms with Crippen LogP contribution in [0.3, 0.4) is 0 Å². The lowest BCUT2D eigenvalue weighted by Crippen LogP contribution is -2.05. The SMILES string of the molecule is OCCC#Cc1cc(COCC2CCCC2)ccc1F. The molecule has 1 fully saturated rings. The predicted molar refractivity (Wildman–Crippen MR) is 76.6 cm³/mol. The summed E-state index contributed by atoms with van der Waals surface area (Å²) in [5.41, 5.74) is 1.32. The Morgan fingerprint density at radius 3 is 2.85 bits per heavy atom. The Labute approximate surface area is 120 Å². The van der Waals surface area contributed by atoms with Gasteiger partial charge < -0.3 is 9.84 Å². The second-order valence-electron chi connectivity index (χ2n) is 5.26. The average Bonchev–Trinajstić information content (AvgIpc) is 2.95. The van der Waals surface area contributed by atoms with Crippen LogP contribution in [0.25, 0.3) is 0 Å². The summed E-state index contributed by atoms with van der Waals surface area (Å²) < 4.78 is 19.3. The minimum absolute atomic E-state index is 0.00118. The average molecular weight is 276 g/mol. The van der Waals surface area contributed by atoms with Crippen molar-refractivity contribution in [2.24, 2.45) is 5.92 Å².